The van der Waals surface area contributed by atoms with Crippen LogP contribution in [-0.4, -0.2) is 36.2 Å². The number of rotatable bonds is 3. The summed E-state index contributed by atoms with van der Waals surface area (Å²) in [6, 6.07) is 0. The maximum absolute atomic E-state index is 9.51. The average molecular weight is 291 g/mol. The summed E-state index contributed by atoms with van der Waals surface area (Å²) in [5, 5.41) is 13.6. The molecule has 0 atom stereocenters. The summed E-state index contributed by atoms with van der Waals surface area (Å²) in [6.07, 6.45) is 0. The van der Waals surface area contributed by atoms with E-state index in [4.69, 9.17) is 24.4 Å². The Kier molecular flexibility index (Phi) is 13.8. The molecule has 9 N–H and O–H groups in total. The molecule has 0 heterocycles. The van der Waals surface area contributed by atoms with Gasteiger partial charge in [0.05, 0.1) is 0 Å². The highest BCUT2D eigenvalue weighted by molar-refractivity contribution is 7.83. The fraction of sp³-hybridized carbons (Fsp3) is 0. The second-order valence-electron chi connectivity index (χ2n) is 1.23. The molecule has 0 aliphatic rings. The van der Waals surface area contributed by atoms with Crippen LogP contribution < -0.4 is 12.3 Å². The first-order chi connectivity index (χ1) is 5.94. The summed E-state index contributed by atoms with van der Waals surface area (Å²) in [6.45, 7) is 0. The highest BCUT2D eigenvalue weighted by atomic mass is 32.3. The van der Waals surface area contributed by atoms with Crippen molar-refractivity contribution in [3.8, 4) is 0 Å². The molecule has 102 valence electrons. The van der Waals surface area contributed by atoms with E-state index in [0.717, 1.165) is 0 Å². The van der Waals surface area contributed by atoms with Gasteiger partial charge in [-0.3, -0.25) is 9.11 Å². The monoisotopic (exact) mass is 291 g/mol. The van der Waals surface area contributed by atoms with Gasteiger partial charge in [-0.15, -0.1) is 10.1 Å². The molecule has 14 nitrogen and oxygen atoms in total. The van der Waals surface area contributed by atoms with Gasteiger partial charge in [0.25, 0.3) is 5.09 Å². The van der Waals surface area contributed by atoms with Gasteiger partial charge in [-0.25, -0.2) is 0 Å². The normalized spacial score (nSPS) is 9.88. The first kappa shape index (κ1) is 24.2. The van der Waals surface area contributed by atoms with Gasteiger partial charge in [-0.1, -0.05) is 8.67 Å². The molecule has 0 amide bonds. The van der Waals surface area contributed by atoms with E-state index in [1.54, 1.807) is 0 Å². The standard InChI is InChI=1S/HNO3.2H3N.H2O8S2/c2-1(3)4;;;1-9(2,3)7-8-10(4,5)6/h(H,2,3,4);2*1H3;(H,1,2,3)(H,4,5,6). The lowest BCUT2D eigenvalue weighted by molar-refractivity contribution is -0.742. The molecule has 0 aliphatic carbocycles. The second-order valence-corrected chi connectivity index (χ2v) is 3.21. The zero-order chi connectivity index (χ0) is 12.0. The van der Waals surface area contributed by atoms with Gasteiger partial charge in [-0.05, 0) is 0 Å². The smallest absolute Gasteiger partial charge is 0.344 e. The van der Waals surface area contributed by atoms with Gasteiger partial charge in [0, 0.05) is 0 Å². The van der Waals surface area contributed by atoms with Crippen LogP contribution >= 0.6 is 0 Å². The van der Waals surface area contributed by atoms with Crippen molar-refractivity contribution in [3.63, 3.8) is 0 Å². The SMILES string of the molecule is N.N.O=S(=O)(O)OOS(=O)(=O)O.O=[N+]([O-])O. The molecule has 16 heteroatoms. The Morgan fingerprint density at radius 3 is 1.12 bits per heavy atom. The van der Waals surface area contributed by atoms with Crippen molar-refractivity contribution in [2.24, 2.45) is 0 Å². The average Bonchev–Trinajstić information content (AvgIpc) is 1.79. The number of hydrogen-bond donors (Lipinski definition) is 5. The van der Waals surface area contributed by atoms with Gasteiger partial charge >= 0.3 is 20.8 Å². The molecule has 0 saturated heterocycles. The summed E-state index contributed by atoms with van der Waals surface area (Å²) >= 11 is 0. The number of nitrogens with zero attached hydrogens (tertiary/aromatic N) is 1. The summed E-state index contributed by atoms with van der Waals surface area (Å²) in [5.41, 5.74) is 0. The summed E-state index contributed by atoms with van der Waals surface area (Å²) < 4.78 is 58.9. The Bertz CT molecular complexity index is 326. The zero-order valence-corrected chi connectivity index (χ0v) is 8.92. The third-order valence-electron chi connectivity index (χ3n) is 0.200. The van der Waals surface area contributed by atoms with Crippen LogP contribution in [0.4, 0.5) is 0 Å². The Labute approximate surface area is 88.9 Å². The van der Waals surface area contributed by atoms with E-state index in [9.17, 15) is 16.8 Å². The first-order valence-electron chi connectivity index (χ1n) is 2.10. The molecular weight excluding hydrogens is 282 g/mol. The molecule has 0 saturated carbocycles. The van der Waals surface area contributed by atoms with E-state index in [1.165, 1.54) is 0 Å². The largest absolute Gasteiger partial charge is 0.425 e. The minimum Gasteiger partial charge on any atom is -0.344 e. The Morgan fingerprint density at radius 1 is 0.938 bits per heavy atom. The van der Waals surface area contributed by atoms with Crippen molar-refractivity contribution in [2.45, 2.75) is 0 Å². The molecule has 0 bridgehead atoms. The predicted octanol–water partition coefficient (Wildman–Crippen LogP) is -1.48. The van der Waals surface area contributed by atoms with Crippen molar-refractivity contribution in [1.82, 2.24) is 12.3 Å². The first-order valence-corrected chi connectivity index (χ1v) is 4.83. The molecule has 0 rings (SSSR count). The van der Waals surface area contributed by atoms with E-state index in [-0.39, 0.29) is 12.3 Å². The fourth-order valence-corrected chi connectivity index (χ4v) is 0.632. The summed E-state index contributed by atoms with van der Waals surface area (Å²) in [4.78, 5) is 8.36. The molecule has 16 heavy (non-hydrogen) atoms. The molecule has 0 aromatic rings. The maximum atomic E-state index is 9.51. The lowest BCUT2D eigenvalue weighted by Crippen LogP contribution is -2.10. The molecular formula is H9N3O11S2. The van der Waals surface area contributed by atoms with Crippen molar-refractivity contribution in [1.29, 1.82) is 0 Å². The van der Waals surface area contributed by atoms with Crippen LogP contribution in [0.15, 0.2) is 0 Å². The van der Waals surface area contributed by atoms with E-state index in [2.05, 4.69) is 8.67 Å². The highest BCUT2D eigenvalue weighted by Crippen LogP contribution is 1.92. The summed E-state index contributed by atoms with van der Waals surface area (Å²) in [5.74, 6) is 0. The minimum absolute atomic E-state index is 0. The molecule has 0 unspecified atom stereocenters. The predicted molar refractivity (Wildman–Crippen MR) is 44.1 cm³/mol. The van der Waals surface area contributed by atoms with Crippen molar-refractivity contribution >= 4 is 20.8 Å². The van der Waals surface area contributed by atoms with Crippen LogP contribution in [0.1, 0.15) is 0 Å². The summed E-state index contributed by atoms with van der Waals surface area (Å²) in [7, 11) is -10.0. The zero-order valence-electron chi connectivity index (χ0n) is 7.29. The van der Waals surface area contributed by atoms with Crippen LogP contribution in [0.25, 0.3) is 0 Å². The van der Waals surface area contributed by atoms with Gasteiger partial charge in [0.15, 0.2) is 0 Å². The van der Waals surface area contributed by atoms with E-state index < -0.39 is 25.9 Å². The Morgan fingerprint density at radius 2 is 1.06 bits per heavy atom. The molecule has 0 aromatic carbocycles. The lowest BCUT2D eigenvalue weighted by atomic mass is 13.1. The molecule has 0 aromatic heterocycles. The van der Waals surface area contributed by atoms with Crippen molar-refractivity contribution in [2.75, 3.05) is 0 Å². The van der Waals surface area contributed by atoms with E-state index >= 15 is 0 Å². The molecule has 0 radical (unpaired) electrons. The Balaban J connectivity index is -0.000000105. The quantitative estimate of drug-likeness (QED) is 0.172. The van der Waals surface area contributed by atoms with Crippen LogP contribution in [0, 0.1) is 10.1 Å². The van der Waals surface area contributed by atoms with E-state index in [0.29, 0.717) is 0 Å². The van der Waals surface area contributed by atoms with Gasteiger partial charge in [0.2, 0.25) is 0 Å². The van der Waals surface area contributed by atoms with E-state index in [1.807, 2.05) is 0 Å². The van der Waals surface area contributed by atoms with Gasteiger partial charge < -0.3 is 17.5 Å². The van der Waals surface area contributed by atoms with Crippen molar-refractivity contribution < 1.29 is 44.9 Å². The fourth-order valence-electron chi connectivity index (χ4n) is 0.0702. The highest BCUT2D eigenvalue weighted by Gasteiger charge is 2.13. The lowest BCUT2D eigenvalue weighted by Gasteiger charge is -1.92. The minimum atomic E-state index is -5.02. The maximum Gasteiger partial charge on any atom is 0.425 e. The third-order valence-corrected chi connectivity index (χ3v) is 0.766. The number of hydrogen-bond acceptors (Lipinski definition) is 10. The topological polar surface area (TPSA) is 261 Å². The van der Waals surface area contributed by atoms with Crippen LogP contribution in [0.2, 0.25) is 0 Å². The Hall–Kier alpha value is -1.14. The molecule has 0 fully saturated rings. The van der Waals surface area contributed by atoms with Crippen molar-refractivity contribution in [3.05, 3.63) is 10.1 Å². The molecule has 0 spiro atoms. The van der Waals surface area contributed by atoms with Crippen LogP contribution in [0.5, 0.6) is 0 Å². The van der Waals surface area contributed by atoms with Gasteiger partial charge in [0.1, 0.15) is 0 Å². The van der Waals surface area contributed by atoms with Crippen LogP contribution in [-0.2, 0) is 29.5 Å². The third kappa shape index (κ3) is 52.7. The second kappa shape index (κ2) is 9.11. The molecule has 0 aliphatic heterocycles. The van der Waals surface area contributed by atoms with Gasteiger partial charge in [-0.2, -0.15) is 16.8 Å². The van der Waals surface area contributed by atoms with Crippen LogP contribution in [0.3, 0.4) is 0 Å².